The lowest BCUT2D eigenvalue weighted by molar-refractivity contribution is 0.587. The number of nitrogens with one attached hydrogen (secondary N) is 3. The van der Waals surface area contributed by atoms with Crippen molar-refractivity contribution in [1.82, 2.24) is 20.3 Å². The minimum absolute atomic E-state index is 0. The Balaban J connectivity index is 0.00000420. The minimum Gasteiger partial charge on any atom is -0.357 e. The first kappa shape index (κ1) is 25.6. The number of hydrogen-bond acceptors (Lipinski definition) is 4. The summed E-state index contributed by atoms with van der Waals surface area (Å²) in [5, 5.41) is 6.98. The van der Waals surface area contributed by atoms with Crippen molar-refractivity contribution in [3.05, 3.63) is 64.4 Å². The zero-order valence-electron chi connectivity index (χ0n) is 16.5. The van der Waals surface area contributed by atoms with Crippen LogP contribution in [-0.2, 0) is 28.7 Å². The standard InChI is InChI=1S/C19H26ClN5O2S.HI/c1-3-22-19(23-10-9-15-7-8-18(20)24-12-15)25-13-16-5-4-6-17(11-16)14-28(26,27)21-2;/h4-8,11-12,21H,3,9-10,13-14H2,1-2H3,(H2,22,23,25);1H. The summed E-state index contributed by atoms with van der Waals surface area (Å²) in [6.07, 6.45) is 2.56. The van der Waals surface area contributed by atoms with Gasteiger partial charge in [-0.05, 0) is 43.1 Å². The molecule has 0 amide bonds. The van der Waals surface area contributed by atoms with Crippen LogP contribution in [-0.4, -0.2) is 39.5 Å². The van der Waals surface area contributed by atoms with E-state index in [9.17, 15) is 8.42 Å². The quantitative estimate of drug-likeness (QED) is 0.193. The van der Waals surface area contributed by atoms with Gasteiger partial charge >= 0.3 is 0 Å². The average molecular weight is 552 g/mol. The van der Waals surface area contributed by atoms with E-state index in [1.165, 1.54) is 7.05 Å². The van der Waals surface area contributed by atoms with Crippen molar-refractivity contribution in [2.45, 2.75) is 25.6 Å². The number of sulfonamides is 1. The number of halogens is 2. The molecule has 0 atom stereocenters. The zero-order valence-corrected chi connectivity index (χ0v) is 20.4. The summed E-state index contributed by atoms with van der Waals surface area (Å²) in [7, 11) is -1.88. The van der Waals surface area contributed by atoms with Gasteiger partial charge in [0.05, 0.1) is 12.3 Å². The van der Waals surface area contributed by atoms with Gasteiger partial charge in [0.2, 0.25) is 10.0 Å². The SMILES string of the molecule is CCNC(=NCc1cccc(CS(=O)(=O)NC)c1)NCCc1ccc(Cl)nc1.I. The first-order valence-electron chi connectivity index (χ1n) is 9.03. The lowest BCUT2D eigenvalue weighted by atomic mass is 10.1. The van der Waals surface area contributed by atoms with Crippen LogP contribution in [0.5, 0.6) is 0 Å². The summed E-state index contributed by atoms with van der Waals surface area (Å²) < 4.78 is 25.8. The maximum atomic E-state index is 11.7. The number of aliphatic imine (C=N–C) groups is 1. The number of nitrogens with zero attached hydrogens (tertiary/aromatic N) is 2. The second-order valence-electron chi connectivity index (χ2n) is 6.14. The van der Waals surface area contributed by atoms with Gasteiger partial charge in [0.15, 0.2) is 5.96 Å². The molecule has 0 aliphatic carbocycles. The zero-order chi connectivity index (χ0) is 20.4. The maximum absolute atomic E-state index is 11.7. The second kappa shape index (κ2) is 13.0. The molecular formula is C19H27ClIN5O2S. The van der Waals surface area contributed by atoms with Crippen LogP contribution >= 0.6 is 35.6 Å². The van der Waals surface area contributed by atoms with E-state index < -0.39 is 10.0 Å². The normalized spacial score (nSPS) is 11.6. The molecule has 2 aromatic rings. The molecule has 1 aromatic heterocycles. The molecule has 3 N–H and O–H groups in total. The molecule has 0 saturated carbocycles. The number of benzene rings is 1. The van der Waals surface area contributed by atoms with Crippen LogP contribution in [0.3, 0.4) is 0 Å². The lowest BCUT2D eigenvalue weighted by Crippen LogP contribution is -2.38. The van der Waals surface area contributed by atoms with Crippen molar-refractivity contribution in [3.63, 3.8) is 0 Å². The predicted molar refractivity (Wildman–Crippen MR) is 129 cm³/mol. The highest BCUT2D eigenvalue weighted by molar-refractivity contribution is 14.0. The topological polar surface area (TPSA) is 95.5 Å². The molecule has 1 heterocycles. The highest BCUT2D eigenvalue weighted by Gasteiger charge is 2.08. The van der Waals surface area contributed by atoms with E-state index >= 15 is 0 Å². The largest absolute Gasteiger partial charge is 0.357 e. The van der Waals surface area contributed by atoms with Crippen LogP contribution < -0.4 is 15.4 Å². The fourth-order valence-corrected chi connectivity index (χ4v) is 3.38. The summed E-state index contributed by atoms with van der Waals surface area (Å²) in [6.45, 7) is 3.90. The van der Waals surface area contributed by atoms with Crippen molar-refractivity contribution < 1.29 is 8.42 Å². The van der Waals surface area contributed by atoms with E-state index in [-0.39, 0.29) is 29.7 Å². The van der Waals surface area contributed by atoms with Gasteiger partial charge in [-0.25, -0.2) is 23.1 Å². The van der Waals surface area contributed by atoms with Crippen molar-refractivity contribution >= 4 is 51.6 Å². The predicted octanol–water partition coefficient (Wildman–Crippen LogP) is 2.70. The Hall–Kier alpha value is -1.43. The Kier molecular flexibility index (Phi) is 11.5. The van der Waals surface area contributed by atoms with Crippen LogP contribution in [0.1, 0.15) is 23.6 Å². The molecule has 0 bridgehead atoms. The fourth-order valence-electron chi connectivity index (χ4n) is 2.50. The van der Waals surface area contributed by atoms with Gasteiger partial charge in [-0.15, -0.1) is 24.0 Å². The van der Waals surface area contributed by atoms with Gasteiger partial charge in [0.1, 0.15) is 5.15 Å². The first-order chi connectivity index (χ1) is 13.4. The molecule has 160 valence electrons. The van der Waals surface area contributed by atoms with E-state index in [2.05, 4.69) is 25.3 Å². The number of pyridine rings is 1. The number of guanidine groups is 1. The van der Waals surface area contributed by atoms with Gasteiger partial charge < -0.3 is 10.6 Å². The van der Waals surface area contributed by atoms with Crippen LogP contribution in [0.15, 0.2) is 47.6 Å². The summed E-state index contributed by atoms with van der Waals surface area (Å²) in [5.41, 5.74) is 2.77. The molecule has 2 rings (SSSR count). The number of aromatic nitrogens is 1. The van der Waals surface area contributed by atoms with Gasteiger partial charge in [-0.3, -0.25) is 0 Å². The van der Waals surface area contributed by atoms with Crippen LogP contribution in [0.4, 0.5) is 0 Å². The first-order valence-corrected chi connectivity index (χ1v) is 11.1. The van der Waals surface area contributed by atoms with Gasteiger partial charge in [0.25, 0.3) is 0 Å². The Morgan fingerprint density at radius 2 is 1.90 bits per heavy atom. The molecule has 1 aromatic carbocycles. The van der Waals surface area contributed by atoms with E-state index in [1.54, 1.807) is 18.3 Å². The Morgan fingerprint density at radius 1 is 1.14 bits per heavy atom. The monoisotopic (exact) mass is 551 g/mol. The van der Waals surface area contributed by atoms with E-state index in [1.807, 2.05) is 31.2 Å². The smallest absolute Gasteiger partial charge is 0.215 e. The van der Waals surface area contributed by atoms with E-state index in [4.69, 9.17) is 11.6 Å². The molecule has 0 radical (unpaired) electrons. The van der Waals surface area contributed by atoms with Crippen molar-refractivity contribution in [2.24, 2.45) is 4.99 Å². The molecule has 0 saturated heterocycles. The Labute approximate surface area is 194 Å². The van der Waals surface area contributed by atoms with E-state index in [0.29, 0.717) is 24.2 Å². The van der Waals surface area contributed by atoms with Gasteiger partial charge in [-0.1, -0.05) is 41.9 Å². The second-order valence-corrected chi connectivity index (χ2v) is 8.46. The van der Waals surface area contributed by atoms with Crippen molar-refractivity contribution in [3.8, 4) is 0 Å². The number of hydrogen-bond donors (Lipinski definition) is 3. The van der Waals surface area contributed by atoms with Crippen LogP contribution in [0, 0.1) is 0 Å². The Bertz CT molecular complexity index is 892. The van der Waals surface area contributed by atoms with Crippen molar-refractivity contribution in [2.75, 3.05) is 20.1 Å². The maximum Gasteiger partial charge on any atom is 0.215 e. The molecule has 7 nitrogen and oxygen atoms in total. The van der Waals surface area contributed by atoms with E-state index in [0.717, 1.165) is 29.7 Å². The molecule has 0 fully saturated rings. The summed E-state index contributed by atoms with van der Waals surface area (Å²) in [4.78, 5) is 8.65. The summed E-state index contributed by atoms with van der Waals surface area (Å²) >= 11 is 5.80. The summed E-state index contributed by atoms with van der Waals surface area (Å²) in [5.74, 6) is 0.659. The Morgan fingerprint density at radius 3 is 2.55 bits per heavy atom. The van der Waals surface area contributed by atoms with Crippen LogP contribution in [0.25, 0.3) is 0 Å². The highest BCUT2D eigenvalue weighted by atomic mass is 127. The number of rotatable bonds is 9. The molecular weight excluding hydrogens is 525 g/mol. The third kappa shape index (κ3) is 9.75. The molecule has 0 unspecified atom stereocenters. The lowest BCUT2D eigenvalue weighted by Gasteiger charge is -2.11. The molecule has 0 aliphatic rings. The molecule has 0 spiro atoms. The van der Waals surface area contributed by atoms with Crippen molar-refractivity contribution in [1.29, 1.82) is 0 Å². The third-order valence-corrected chi connectivity index (χ3v) is 5.48. The molecule has 10 heteroatoms. The highest BCUT2D eigenvalue weighted by Crippen LogP contribution is 2.10. The molecule has 0 aliphatic heterocycles. The minimum atomic E-state index is -3.29. The summed E-state index contributed by atoms with van der Waals surface area (Å²) in [6, 6.07) is 11.2. The van der Waals surface area contributed by atoms with Crippen LogP contribution in [0.2, 0.25) is 5.15 Å². The van der Waals surface area contributed by atoms with Gasteiger partial charge in [-0.2, -0.15) is 0 Å². The molecule has 29 heavy (non-hydrogen) atoms. The van der Waals surface area contributed by atoms with Gasteiger partial charge in [0, 0.05) is 19.3 Å². The average Bonchev–Trinajstić information content (AvgIpc) is 2.67. The fraction of sp³-hybridized carbons (Fsp3) is 0.368. The third-order valence-electron chi connectivity index (χ3n) is 3.92.